The Morgan fingerprint density at radius 3 is 2.24 bits per heavy atom. The predicted molar refractivity (Wildman–Crippen MR) is 135 cm³/mol. The Hall–Kier alpha value is -4.81. The number of carbonyl (C=O) groups is 4. The van der Waals surface area contributed by atoms with E-state index in [4.69, 9.17) is 20.1 Å². The van der Waals surface area contributed by atoms with Crippen LogP contribution >= 0.6 is 0 Å². The average molecular weight is 528 g/mol. The van der Waals surface area contributed by atoms with Crippen LogP contribution < -0.4 is 30.7 Å². The van der Waals surface area contributed by atoms with Crippen LogP contribution in [0.4, 0.5) is 4.79 Å². The molecule has 1 heterocycles. The zero-order valence-electron chi connectivity index (χ0n) is 21.3. The Morgan fingerprint density at radius 2 is 1.74 bits per heavy atom. The second-order valence-corrected chi connectivity index (χ2v) is 8.52. The van der Waals surface area contributed by atoms with E-state index in [-0.39, 0.29) is 11.5 Å². The molecule has 3 rings (SSSR count). The van der Waals surface area contributed by atoms with Gasteiger partial charge in [0.15, 0.2) is 11.5 Å². The molecule has 38 heavy (non-hydrogen) atoms. The number of nitrogens with zero attached hydrogens (tertiary/aromatic N) is 2. The lowest BCUT2D eigenvalue weighted by Crippen LogP contribution is -2.44. The molecule has 2 aromatic rings. The fraction of sp³-hybridized carbons (Fsp3) is 0.320. The van der Waals surface area contributed by atoms with Crippen LogP contribution in [0.2, 0.25) is 0 Å². The van der Waals surface area contributed by atoms with Crippen LogP contribution in [0.3, 0.4) is 0 Å². The topological polar surface area (TPSA) is 182 Å². The van der Waals surface area contributed by atoms with Gasteiger partial charge in [-0.15, -0.1) is 0 Å². The van der Waals surface area contributed by atoms with E-state index in [9.17, 15) is 24.3 Å². The number of nitrogens with one attached hydrogen (secondary N) is 2. The molecule has 13 heteroatoms. The number of carboxylic acid groups (broad SMARTS) is 1. The number of hydrogen-bond acceptors (Lipinski definition) is 9. The summed E-state index contributed by atoms with van der Waals surface area (Å²) < 4.78 is 15.9. The van der Waals surface area contributed by atoms with Crippen molar-refractivity contribution in [2.75, 3.05) is 27.9 Å². The summed E-state index contributed by atoms with van der Waals surface area (Å²) in [7, 11) is 4.23. The Kier molecular flexibility index (Phi) is 8.40. The third-order valence-corrected chi connectivity index (χ3v) is 6.09. The van der Waals surface area contributed by atoms with Crippen LogP contribution in [0, 0.1) is 0 Å². The first-order valence-electron chi connectivity index (χ1n) is 11.4. The van der Waals surface area contributed by atoms with Gasteiger partial charge in [-0.1, -0.05) is 24.3 Å². The molecule has 13 nitrogen and oxygen atoms in total. The first-order chi connectivity index (χ1) is 18.1. The Bertz CT molecular complexity index is 1240. The van der Waals surface area contributed by atoms with E-state index in [2.05, 4.69) is 15.7 Å². The number of carbonyl (C=O) groups excluding carboxylic acids is 3. The number of ether oxygens (including phenoxy) is 3. The van der Waals surface area contributed by atoms with E-state index >= 15 is 0 Å². The van der Waals surface area contributed by atoms with Gasteiger partial charge in [0.2, 0.25) is 11.7 Å². The highest BCUT2D eigenvalue weighted by Crippen LogP contribution is 2.40. The fourth-order valence-electron chi connectivity index (χ4n) is 4.14. The summed E-state index contributed by atoms with van der Waals surface area (Å²) in [4.78, 5) is 51.2. The number of benzene rings is 2. The van der Waals surface area contributed by atoms with Gasteiger partial charge in [0.05, 0.1) is 40.0 Å². The number of carboxylic acids is 1. The maximum absolute atomic E-state index is 13.2. The summed E-state index contributed by atoms with van der Waals surface area (Å²) in [5, 5.41) is 18.1. The number of urea groups is 1. The summed E-state index contributed by atoms with van der Waals surface area (Å²) in [5.41, 5.74) is 0.143. The molecule has 1 aliphatic rings. The van der Waals surface area contributed by atoms with E-state index in [1.54, 1.807) is 24.3 Å². The second kappa shape index (κ2) is 11.5. The minimum absolute atomic E-state index is 0.264. The van der Waals surface area contributed by atoms with Gasteiger partial charge < -0.3 is 35.8 Å². The number of hydrogen-bond donors (Lipinski definition) is 4. The van der Waals surface area contributed by atoms with Crippen molar-refractivity contribution in [2.24, 2.45) is 10.9 Å². The maximum atomic E-state index is 13.2. The third-order valence-electron chi connectivity index (χ3n) is 6.09. The van der Waals surface area contributed by atoms with Crippen molar-refractivity contribution >= 4 is 30.0 Å². The smallest absolute Gasteiger partial charge is 0.325 e. The molecule has 0 aromatic heterocycles. The molecule has 1 saturated heterocycles. The Labute approximate surface area is 218 Å². The molecule has 0 saturated carbocycles. The van der Waals surface area contributed by atoms with Crippen LogP contribution in [-0.2, 0) is 19.9 Å². The van der Waals surface area contributed by atoms with E-state index in [0.717, 1.165) is 4.90 Å². The highest BCUT2D eigenvalue weighted by atomic mass is 16.5. The predicted octanol–water partition coefficient (Wildman–Crippen LogP) is 1.10. The average Bonchev–Trinajstić information content (AvgIpc) is 3.11. The number of aliphatic carboxylic acids is 1. The van der Waals surface area contributed by atoms with Crippen molar-refractivity contribution in [3.63, 3.8) is 0 Å². The highest BCUT2D eigenvalue weighted by molar-refractivity contribution is 6.09. The fourth-order valence-corrected chi connectivity index (χ4v) is 4.14. The second-order valence-electron chi connectivity index (χ2n) is 8.52. The number of hydrazone groups is 1. The quantitative estimate of drug-likeness (QED) is 0.144. The van der Waals surface area contributed by atoms with Gasteiger partial charge in [-0.25, -0.2) is 4.79 Å². The van der Waals surface area contributed by atoms with Gasteiger partial charge in [-0.3, -0.25) is 19.3 Å². The van der Waals surface area contributed by atoms with Gasteiger partial charge in [0.1, 0.15) is 12.1 Å². The van der Waals surface area contributed by atoms with Gasteiger partial charge in [-0.05, 0) is 35.7 Å². The van der Waals surface area contributed by atoms with Crippen LogP contribution in [0.25, 0.3) is 0 Å². The summed E-state index contributed by atoms with van der Waals surface area (Å²) in [6.45, 7) is 0.902. The zero-order chi connectivity index (χ0) is 28.0. The standard InChI is InChI=1S/C25H29N5O8/c1-25(16-7-5-14(6-8-16)12-27-26)23(34)30(24(35)29-25)13-20(31)28-17(11-21(32)33)15-9-18(36-2)22(38-4)19(10-15)37-3/h5-10,12,17H,11,13,26H2,1-4H3,(H,28,31)(H,29,35)(H,32,33). The summed E-state index contributed by atoms with van der Waals surface area (Å²) in [6.07, 6.45) is 0.944. The lowest BCUT2D eigenvalue weighted by atomic mass is 9.91. The van der Waals surface area contributed by atoms with Crippen molar-refractivity contribution in [1.82, 2.24) is 15.5 Å². The monoisotopic (exact) mass is 527 g/mol. The molecule has 202 valence electrons. The van der Waals surface area contributed by atoms with Crippen LogP contribution in [0.5, 0.6) is 17.2 Å². The first-order valence-corrected chi connectivity index (χ1v) is 11.4. The lowest BCUT2D eigenvalue weighted by Gasteiger charge is -2.23. The lowest BCUT2D eigenvalue weighted by molar-refractivity contribution is -0.138. The van der Waals surface area contributed by atoms with Crippen molar-refractivity contribution < 1.29 is 38.5 Å². The van der Waals surface area contributed by atoms with Crippen molar-refractivity contribution in [3.8, 4) is 17.2 Å². The normalized spacial score (nSPS) is 17.7. The minimum atomic E-state index is -1.41. The van der Waals surface area contributed by atoms with Gasteiger partial charge in [0, 0.05) is 0 Å². The van der Waals surface area contributed by atoms with Crippen LogP contribution in [-0.4, -0.2) is 67.9 Å². The molecule has 0 bridgehead atoms. The first kappa shape index (κ1) is 27.8. The molecule has 0 aliphatic carbocycles. The maximum Gasteiger partial charge on any atom is 0.325 e. The number of methoxy groups -OCH3 is 3. The zero-order valence-corrected chi connectivity index (χ0v) is 21.3. The van der Waals surface area contributed by atoms with Crippen LogP contribution in [0.15, 0.2) is 41.5 Å². The van der Waals surface area contributed by atoms with Gasteiger partial charge >= 0.3 is 12.0 Å². The molecule has 4 amide bonds. The number of rotatable bonds is 11. The molecular formula is C25H29N5O8. The number of nitrogens with two attached hydrogens (primary N) is 1. The van der Waals surface area contributed by atoms with E-state index in [0.29, 0.717) is 22.4 Å². The summed E-state index contributed by atoms with van der Waals surface area (Å²) in [5.74, 6) is 3.41. The van der Waals surface area contributed by atoms with Crippen molar-refractivity contribution in [1.29, 1.82) is 0 Å². The molecule has 0 radical (unpaired) electrons. The molecule has 2 atom stereocenters. The van der Waals surface area contributed by atoms with Crippen molar-refractivity contribution in [2.45, 2.75) is 24.9 Å². The SMILES string of the molecule is COc1cc(C(CC(=O)O)NC(=O)CN2C(=O)NC(C)(c3ccc(C=NN)cc3)C2=O)cc(OC)c1OC. The molecule has 2 aromatic carbocycles. The third kappa shape index (κ3) is 5.61. The number of amides is 4. The Morgan fingerprint density at radius 1 is 1.13 bits per heavy atom. The molecular weight excluding hydrogens is 498 g/mol. The molecule has 0 spiro atoms. The summed E-state index contributed by atoms with van der Waals surface area (Å²) >= 11 is 0. The molecule has 2 unspecified atom stereocenters. The van der Waals surface area contributed by atoms with Crippen molar-refractivity contribution in [3.05, 3.63) is 53.1 Å². The summed E-state index contributed by atoms with van der Waals surface area (Å²) in [6, 6.07) is 7.88. The Balaban J connectivity index is 1.82. The molecule has 5 N–H and O–H groups in total. The minimum Gasteiger partial charge on any atom is -0.493 e. The molecule has 1 fully saturated rings. The van der Waals surface area contributed by atoms with E-state index in [1.807, 2.05) is 0 Å². The van der Waals surface area contributed by atoms with Gasteiger partial charge in [-0.2, -0.15) is 5.10 Å². The number of imide groups is 1. The largest absolute Gasteiger partial charge is 0.493 e. The van der Waals surface area contributed by atoms with E-state index < -0.39 is 48.4 Å². The highest BCUT2D eigenvalue weighted by Gasteiger charge is 2.49. The molecule has 1 aliphatic heterocycles. The van der Waals surface area contributed by atoms with Gasteiger partial charge in [0.25, 0.3) is 5.91 Å². The van der Waals surface area contributed by atoms with Crippen LogP contribution in [0.1, 0.15) is 36.1 Å². The van der Waals surface area contributed by atoms with E-state index in [1.165, 1.54) is 46.6 Å².